The van der Waals surface area contributed by atoms with Crippen LogP contribution in [-0.2, 0) is 9.47 Å². The molecule has 2 saturated heterocycles. The lowest BCUT2D eigenvalue weighted by Gasteiger charge is -2.44. The van der Waals surface area contributed by atoms with Crippen LogP contribution in [0, 0.1) is 0 Å². The summed E-state index contributed by atoms with van der Waals surface area (Å²) in [7, 11) is 0. The van der Waals surface area contributed by atoms with Crippen molar-refractivity contribution in [1.82, 2.24) is 5.32 Å². The van der Waals surface area contributed by atoms with Crippen molar-refractivity contribution in [2.75, 3.05) is 19.8 Å². The Balaban J connectivity index is 1.83. The van der Waals surface area contributed by atoms with Crippen LogP contribution < -0.4 is 5.32 Å². The highest BCUT2D eigenvalue weighted by molar-refractivity contribution is 4.92. The summed E-state index contributed by atoms with van der Waals surface area (Å²) in [5.74, 6) is 0. The van der Waals surface area contributed by atoms with Crippen LogP contribution in [0.4, 0.5) is 0 Å². The van der Waals surface area contributed by atoms with Crippen LogP contribution in [-0.4, -0.2) is 37.5 Å². The molecular formula is C17H33NO2. The second-order valence-electron chi connectivity index (χ2n) is 6.63. The van der Waals surface area contributed by atoms with Crippen LogP contribution in [0.3, 0.4) is 0 Å². The van der Waals surface area contributed by atoms with Crippen LogP contribution in [0.1, 0.15) is 71.6 Å². The van der Waals surface area contributed by atoms with E-state index in [-0.39, 0.29) is 5.60 Å². The van der Waals surface area contributed by atoms with E-state index in [2.05, 4.69) is 19.2 Å². The molecule has 3 heteroatoms. The maximum atomic E-state index is 6.14. The number of unbranched alkanes of at least 4 members (excludes halogenated alkanes) is 1. The molecule has 1 spiro atoms. The van der Waals surface area contributed by atoms with Crippen molar-refractivity contribution in [2.45, 2.75) is 89.3 Å². The van der Waals surface area contributed by atoms with Gasteiger partial charge < -0.3 is 14.8 Å². The first-order chi connectivity index (χ1) is 9.78. The van der Waals surface area contributed by atoms with Crippen molar-refractivity contribution in [2.24, 2.45) is 0 Å². The lowest BCUT2D eigenvalue weighted by Crippen LogP contribution is -2.51. The minimum atomic E-state index is 0.121. The number of ether oxygens (including phenoxy) is 2. The Morgan fingerprint density at radius 1 is 1.10 bits per heavy atom. The van der Waals surface area contributed by atoms with E-state index in [1.807, 2.05) is 0 Å². The molecule has 2 atom stereocenters. The monoisotopic (exact) mass is 283 g/mol. The second-order valence-corrected chi connectivity index (χ2v) is 6.63. The van der Waals surface area contributed by atoms with Crippen LogP contribution in [0.5, 0.6) is 0 Å². The average molecular weight is 283 g/mol. The van der Waals surface area contributed by atoms with E-state index in [4.69, 9.17) is 9.47 Å². The van der Waals surface area contributed by atoms with E-state index in [9.17, 15) is 0 Å². The van der Waals surface area contributed by atoms with Crippen LogP contribution in [0.15, 0.2) is 0 Å². The topological polar surface area (TPSA) is 30.5 Å². The Morgan fingerprint density at radius 2 is 1.90 bits per heavy atom. The molecule has 0 amide bonds. The molecule has 0 aromatic heterocycles. The molecule has 2 aliphatic heterocycles. The third-order valence-electron chi connectivity index (χ3n) is 4.91. The molecule has 2 fully saturated rings. The Morgan fingerprint density at radius 3 is 2.60 bits per heavy atom. The number of hydrogen-bond acceptors (Lipinski definition) is 3. The molecule has 0 radical (unpaired) electrons. The maximum Gasteiger partial charge on any atom is 0.0741 e. The zero-order valence-electron chi connectivity index (χ0n) is 13.5. The van der Waals surface area contributed by atoms with Gasteiger partial charge in [-0.05, 0) is 38.5 Å². The standard InChI is InChI=1S/C17H33NO2/c1-3-5-7-15(6-4-2)18-16-8-11-20-17(14-16)9-12-19-13-10-17/h15-16,18H,3-14H2,1-2H3. The molecule has 2 heterocycles. The number of hydrogen-bond donors (Lipinski definition) is 1. The van der Waals surface area contributed by atoms with E-state index >= 15 is 0 Å². The molecule has 0 bridgehead atoms. The first-order valence-electron chi connectivity index (χ1n) is 8.76. The quantitative estimate of drug-likeness (QED) is 0.773. The van der Waals surface area contributed by atoms with Gasteiger partial charge in [-0.25, -0.2) is 0 Å². The molecule has 2 rings (SSSR count). The van der Waals surface area contributed by atoms with Crippen LogP contribution in [0.2, 0.25) is 0 Å². The zero-order chi connectivity index (χ0) is 14.3. The molecule has 2 unspecified atom stereocenters. The van der Waals surface area contributed by atoms with Crippen molar-refractivity contribution in [3.8, 4) is 0 Å². The summed E-state index contributed by atoms with van der Waals surface area (Å²) in [6.45, 7) is 7.26. The number of rotatable bonds is 7. The molecule has 3 nitrogen and oxygen atoms in total. The van der Waals surface area contributed by atoms with Gasteiger partial charge in [-0.2, -0.15) is 0 Å². The molecule has 2 aliphatic rings. The molecular weight excluding hydrogens is 250 g/mol. The van der Waals surface area contributed by atoms with Crippen LogP contribution >= 0.6 is 0 Å². The Labute approximate surface area is 124 Å². The van der Waals surface area contributed by atoms with Crippen molar-refractivity contribution in [1.29, 1.82) is 0 Å². The van der Waals surface area contributed by atoms with Gasteiger partial charge in [0.1, 0.15) is 0 Å². The van der Waals surface area contributed by atoms with Gasteiger partial charge in [0.15, 0.2) is 0 Å². The minimum absolute atomic E-state index is 0.121. The highest BCUT2D eigenvalue weighted by Gasteiger charge is 2.39. The normalized spacial score (nSPS) is 27.6. The first kappa shape index (κ1) is 16.3. The summed E-state index contributed by atoms with van der Waals surface area (Å²) in [5.41, 5.74) is 0.121. The zero-order valence-corrected chi connectivity index (χ0v) is 13.5. The third-order valence-corrected chi connectivity index (χ3v) is 4.91. The van der Waals surface area contributed by atoms with Gasteiger partial charge in [-0.1, -0.05) is 33.1 Å². The van der Waals surface area contributed by atoms with E-state index in [1.54, 1.807) is 0 Å². The second kappa shape index (κ2) is 8.35. The van der Waals surface area contributed by atoms with Crippen molar-refractivity contribution < 1.29 is 9.47 Å². The van der Waals surface area contributed by atoms with Gasteiger partial charge in [0.2, 0.25) is 0 Å². The molecule has 118 valence electrons. The Kier molecular flexibility index (Phi) is 6.79. The van der Waals surface area contributed by atoms with Gasteiger partial charge in [0, 0.05) is 31.9 Å². The SMILES string of the molecule is CCCCC(CCC)NC1CCOC2(CCOCC2)C1. The number of nitrogens with one attached hydrogen (secondary N) is 1. The smallest absolute Gasteiger partial charge is 0.0741 e. The van der Waals surface area contributed by atoms with Gasteiger partial charge in [-0.3, -0.25) is 0 Å². The highest BCUT2D eigenvalue weighted by Crippen LogP contribution is 2.34. The lowest BCUT2D eigenvalue weighted by atomic mass is 9.83. The molecule has 0 saturated carbocycles. The van der Waals surface area contributed by atoms with Gasteiger partial charge in [0.25, 0.3) is 0 Å². The highest BCUT2D eigenvalue weighted by atomic mass is 16.5. The van der Waals surface area contributed by atoms with Gasteiger partial charge in [0.05, 0.1) is 5.60 Å². The van der Waals surface area contributed by atoms with Gasteiger partial charge >= 0.3 is 0 Å². The Bertz CT molecular complexity index is 258. The van der Waals surface area contributed by atoms with E-state index in [0.717, 1.165) is 32.7 Å². The summed E-state index contributed by atoms with van der Waals surface area (Å²) >= 11 is 0. The summed E-state index contributed by atoms with van der Waals surface area (Å²) in [4.78, 5) is 0. The predicted molar refractivity (Wildman–Crippen MR) is 83.1 cm³/mol. The van der Waals surface area contributed by atoms with Gasteiger partial charge in [-0.15, -0.1) is 0 Å². The summed E-state index contributed by atoms with van der Waals surface area (Å²) in [5, 5.41) is 3.94. The minimum Gasteiger partial charge on any atom is -0.381 e. The molecule has 0 aromatic rings. The molecule has 0 aliphatic carbocycles. The van der Waals surface area contributed by atoms with Crippen molar-refractivity contribution >= 4 is 0 Å². The van der Waals surface area contributed by atoms with Crippen molar-refractivity contribution in [3.05, 3.63) is 0 Å². The van der Waals surface area contributed by atoms with Crippen LogP contribution in [0.25, 0.3) is 0 Å². The van der Waals surface area contributed by atoms with E-state index in [1.165, 1.54) is 44.9 Å². The van der Waals surface area contributed by atoms with Crippen molar-refractivity contribution in [3.63, 3.8) is 0 Å². The summed E-state index contributed by atoms with van der Waals surface area (Å²) in [6, 6.07) is 1.36. The molecule has 20 heavy (non-hydrogen) atoms. The predicted octanol–water partition coefficient (Wildman–Crippen LogP) is 3.66. The maximum absolute atomic E-state index is 6.14. The Hall–Kier alpha value is -0.120. The molecule has 0 aromatic carbocycles. The van der Waals surface area contributed by atoms with E-state index < -0.39 is 0 Å². The fourth-order valence-corrected chi connectivity index (χ4v) is 3.71. The fourth-order valence-electron chi connectivity index (χ4n) is 3.71. The summed E-state index contributed by atoms with van der Waals surface area (Å²) in [6.07, 6.45) is 11.1. The lowest BCUT2D eigenvalue weighted by molar-refractivity contribution is -0.141. The molecule has 1 N–H and O–H groups in total. The summed E-state index contributed by atoms with van der Waals surface area (Å²) < 4.78 is 11.6. The largest absolute Gasteiger partial charge is 0.381 e. The first-order valence-corrected chi connectivity index (χ1v) is 8.76. The third kappa shape index (κ3) is 4.71. The van der Waals surface area contributed by atoms with E-state index in [0.29, 0.717) is 12.1 Å². The fraction of sp³-hybridized carbons (Fsp3) is 1.00. The average Bonchev–Trinajstić information content (AvgIpc) is 2.46.